The molecule has 1 atom stereocenters. The van der Waals surface area contributed by atoms with E-state index in [2.05, 4.69) is 10.4 Å². The van der Waals surface area contributed by atoms with E-state index in [9.17, 15) is 18.8 Å². The molecule has 0 bridgehead atoms. The van der Waals surface area contributed by atoms with Gasteiger partial charge in [-0.1, -0.05) is 30.3 Å². The molecule has 1 amide bonds. The topological polar surface area (TPSA) is 99.5 Å². The van der Waals surface area contributed by atoms with Gasteiger partial charge in [-0.3, -0.25) is 4.79 Å². The van der Waals surface area contributed by atoms with Crippen LogP contribution < -0.4 is 5.32 Å². The molecule has 182 valence electrons. The average Bonchev–Trinajstić information content (AvgIpc) is 3.27. The third-order valence-electron chi connectivity index (χ3n) is 5.88. The lowest BCUT2D eigenvalue weighted by Gasteiger charge is -2.16. The maximum absolute atomic E-state index is 13.4. The fourth-order valence-corrected chi connectivity index (χ4v) is 4.18. The van der Waals surface area contributed by atoms with Crippen LogP contribution in [0.15, 0.2) is 54.6 Å². The Labute approximate surface area is 202 Å². The summed E-state index contributed by atoms with van der Waals surface area (Å²) in [7, 11) is 1.24. The van der Waals surface area contributed by atoms with E-state index in [1.165, 1.54) is 19.2 Å². The summed E-state index contributed by atoms with van der Waals surface area (Å²) in [6.07, 6.45) is 3.49. The van der Waals surface area contributed by atoms with Crippen molar-refractivity contribution in [2.75, 3.05) is 13.7 Å². The van der Waals surface area contributed by atoms with Gasteiger partial charge in [-0.05, 0) is 55.5 Å². The molecule has 4 rings (SSSR count). The van der Waals surface area contributed by atoms with Crippen molar-refractivity contribution in [2.24, 2.45) is 0 Å². The van der Waals surface area contributed by atoms with Gasteiger partial charge in [0, 0.05) is 17.7 Å². The molecule has 3 aromatic rings. The van der Waals surface area contributed by atoms with Crippen molar-refractivity contribution in [3.8, 4) is 5.69 Å². The van der Waals surface area contributed by atoms with E-state index in [0.29, 0.717) is 12.1 Å². The Hall–Kier alpha value is -4.01. The molecule has 0 radical (unpaired) electrons. The van der Waals surface area contributed by atoms with E-state index in [0.717, 1.165) is 36.1 Å². The Morgan fingerprint density at radius 3 is 2.49 bits per heavy atom. The molecule has 1 N–H and O–H groups in total. The lowest BCUT2D eigenvalue weighted by molar-refractivity contribution is -0.145. The number of ether oxygens (including phenoxy) is 2. The van der Waals surface area contributed by atoms with Crippen LogP contribution in [0.25, 0.3) is 5.69 Å². The van der Waals surface area contributed by atoms with E-state index in [1.54, 1.807) is 16.8 Å². The van der Waals surface area contributed by atoms with Crippen LogP contribution in [0.5, 0.6) is 0 Å². The zero-order valence-electron chi connectivity index (χ0n) is 19.3. The van der Waals surface area contributed by atoms with Crippen molar-refractivity contribution in [3.05, 3.63) is 82.9 Å². The number of halogens is 1. The first kappa shape index (κ1) is 24.1. The van der Waals surface area contributed by atoms with Gasteiger partial charge in [-0.25, -0.2) is 18.7 Å². The highest BCUT2D eigenvalue weighted by molar-refractivity contribution is 5.92. The number of benzene rings is 2. The molecule has 1 aliphatic carbocycles. The first-order chi connectivity index (χ1) is 17.0. The number of carbonyl (C=O) groups is 3. The molecule has 35 heavy (non-hydrogen) atoms. The summed E-state index contributed by atoms with van der Waals surface area (Å²) in [6.45, 7) is -0.570. The van der Waals surface area contributed by atoms with Crippen LogP contribution >= 0.6 is 0 Å². The Balaban J connectivity index is 1.44. The second kappa shape index (κ2) is 10.9. The first-order valence-corrected chi connectivity index (χ1v) is 11.4. The summed E-state index contributed by atoms with van der Waals surface area (Å²) in [5, 5.41) is 7.01. The van der Waals surface area contributed by atoms with Gasteiger partial charge < -0.3 is 14.8 Å². The quantitative estimate of drug-likeness (QED) is 0.499. The average molecular weight is 480 g/mol. The minimum Gasteiger partial charge on any atom is -0.467 e. The highest BCUT2D eigenvalue weighted by Crippen LogP contribution is 2.27. The second-order valence-electron chi connectivity index (χ2n) is 8.28. The summed E-state index contributed by atoms with van der Waals surface area (Å²) < 4.78 is 25.0. The Morgan fingerprint density at radius 2 is 1.77 bits per heavy atom. The normalized spacial score (nSPS) is 13.4. The molecule has 0 saturated carbocycles. The molecule has 1 heterocycles. The van der Waals surface area contributed by atoms with Gasteiger partial charge in [0.05, 0.1) is 12.8 Å². The summed E-state index contributed by atoms with van der Waals surface area (Å²) in [5.41, 5.74) is 3.29. The van der Waals surface area contributed by atoms with Gasteiger partial charge >= 0.3 is 11.9 Å². The number of hydrogen-bond acceptors (Lipinski definition) is 6. The number of carbonyl (C=O) groups excluding carboxylic acids is 3. The van der Waals surface area contributed by atoms with E-state index in [4.69, 9.17) is 9.47 Å². The Kier molecular flexibility index (Phi) is 7.54. The predicted molar refractivity (Wildman–Crippen MR) is 125 cm³/mol. The second-order valence-corrected chi connectivity index (χ2v) is 8.28. The van der Waals surface area contributed by atoms with Crippen LogP contribution in [-0.2, 0) is 38.3 Å². The number of aromatic nitrogens is 2. The van der Waals surface area contributed by atoms with Crippen molar-refractivity contribution in [1.82, 2.24) is 15.1 Å². The van der Waals surface area contributed by atoms with Gasteiger partial charge in [-0.2, -0.15) is 5.10 Å². The van der Waals surface area contributed by atoms with Crippen molar-refractivity contribution in [2.45, 2.75) is 38.1 Å². The van der Waals surface area contributed by atoms with Crippen molar-refractivity contribution >= 4 is 17.8 Å². The SMILES string of the molecule is COC(=O)C(Cc1ccccc1)NC(=O)COC(=O)c1nn(-c2ccc(F)cc2)c2c1CCCC2. The summed E-state index contributed by atoms with van der Waals surface area (Å²) in [4.78, 5) is 37.5. The van der Waals surface area contributed by atoms with Gasteiger partial charge in [0.25, 0.3) is 5.91 Å². The zero-order chi connectivity index (χ0) is 24.8. The Morgan fingerprint density at radius 1 is 1.06 bits per heavy atom. The van der Waals surface area contributed by atoms with Crippen LogP contribution in [0, 0.1) is 5.82 Å². The minimum absolute atomic E-state index is 0.144. The molecule has 1 unspecified atom stereocenters. The Bertz CT molecular complexity index is 1210. The fourth-order valence-electron chi connectivity index (χ4n) is 4.18. The molecule has 0 saturated heterocycles. The zero-order valence-corrected chi connectivity index (χ0v) is 19.3. The molecule has 1 aromatic heterocycles. The number of rotatable bonds is 8. The van der Waals surface area contributed by atoms with Crippen LogP contribution in [-0.4, -0.2) is 47.4 Å². The van der Waals surface area contributed by atoms with Crippen molar-refractivity contribution < 1.29 is 28.2 Å². The highest BCUT2D eigenvalue weighted by Gasteiger charge is 2.28. The number of methoxy groups -OCH3 is 1. The number of amides is 1. The maximum Gasteiger partial charge on any atom is 0.359 e. The molecule has 0 spiro atoms. The number of nitrogens with zero attached hydrogens (tertiary/aromatic N) is 2. The third kappa shape index (κ3) is 5.74. The first-order valence-electron chi connectivity index (χ1n) is 11.4. The molecular weight excluding hydrogens is 453 g/mol. The van der Waals surface area contributed by atoms with Crippen LogP contribution in [0.3, 0.4) is 0 Å². The van der Waals surface area contributed by atoms with Crippen molar-refractivity contribution in [1.29, 1.82) is 0 Å². The molecule has 1 aliphatic rings. The van der Waals surface area contributed by atoms with Gasteiger partial charge in [-0.15, -0.1) is 0 Å². The third-order valence-corrected chi connectivity index (χ3v) is 5.88. The predicted octanol–water partition coefficient (Wildman–Crippen LogP) is 2.95. The fraction of sp³-hybridized carbons (Fsp3) is 0.308. The molecule has 0 fully saturated rings. The van der Waals surface area contributed by atoms with E-state index >= 15 is 0 Å². The molecule has 0 aliphatic heterocycles. The molecule has 2 aromatic carbocycles. The summed E-state index contributed by atoms with van der Waals surface area (Å²) in [6, 6.07) is 14.1. The van der Waals surface area contributed by atoms with E-state index in [1.807, 2.05) is 30.3 Å². The smallest absolute Gasteiger partial charge is 0.359 e. The van der Waals surface area contributed by atoms with Gasteiger partial charge in [0.1, 0.15) is 11.9 Å². The van der Waals surface area contributed by atoms with E-state index < -0.39 is 30.5 Å². The minimum atomic E-state index is -0.918. The van der Waals surface area contributed by atoms with Crippen LogP contribution in [0.1, 0.15) is 40.2 Å². The largest absolute Gasteiger partial charge is 0.467 e. The lowest BCUT2D eigenvalue weighted by Crippen LogP contribution is -2.44. The monoisotopic (exact) mass is 479 g/mol. The summed E-state index contributed by atoms with van der Waals surface area (Å²) >= 11 is 0. The van der Waals surface area contributed by atoms with Gasteiger partial charge in [0.15, 0.2) is 12.3 Å². The molecular formula is C26H26FN3O5. The summed E-state index contributed by atoms with van der Waals surface area (Å²) in [5.74, 6) is -2.31. The number of esters is 2. The number of hydrogen-bond donors (Lipinski definition) is 1. The maximum atomic E-state index is 13.4. The number of fused-ring (bicyclic) bond motifs is 1. The highest BCUT2D eigenvalue weighted by atomic mass is 19.1. The standard InChI is InChI=1S/C26H26FN3O5/c1-34-25(32)21(15-17-7-3-2-4-8-17)28-23(31)16-35-26(33)24-20-9-5-6-10-22(20)30(29-24)19-13-11-18(27)12-14-19/h2-4,7-8,11-14,21H,5-6,9-10,15-16H2,1H3,(H,28,31). The van der Waals surface area contributed by atoms with Crippen LogP contribution in [0.4, 0.5) is 4.39 Å². The molecule has 9 heteroatoms. The van der Waals surface area contributed by atoms with Crippen LogP contribution in [0.2, 0.25) is 0 Å². The number of nitrogens with one attached hydrogen (secondary N) is 1. The lowest BCUT2D eigenvalue weighted by atomic mass is 9.95. The van der Waals surface area contributed by atoms with Crippen molar-refractivity contribution in [3.63, 3.8) is 0 Å². The van der Waals surface area contributed by atoms with E-state index in [-0.39, 0.29) is 17.9 Å². The molecule has 8 nitrogen and oxygen atoms in total. The van der Waals surface area contributed by atoms with Gasteiger partial charge in [0.2, 0.25) is 0 Å².